The Hall–Kier alpha value is -2.90. The molecular weight excluding hydrogens is 405 g/mol. The molecule has 0 bridgehead atoms. The Balaban J connectivity index is 2.04. The standard InChI is InChI=1S/C19H17Cl2N3O4/c1-11-14(20)9-22-18(17(11)21)24-16(26)10-28-19(27)15(23-12(2)25)8-13-6-4-3-5-7-13/h3-9H,10H2,1-2H3,(H,23,25)(H,22,24,26). The van der Waals surface area contributed by atoms with E-state index in [0.717, 1.165) is 0 Å². The second-order valence-electron chi connectivity index (χ2n) is 5.67. The Morgan fingerprint density at radius 1 is 1.18 bits per heavy atom. The van der Waals surface area contributed by atoms with Crippen molar-refractivity contribution in [2.24, 2.45) is 0 Å². The van der Waals surface area contributed by atoms with Crippen molar-refractivity contribution in [3.8, 4) is 0 Å². The minimum absolute atomic E-state index is 0.0926. The molecule has 2 N–H and O–H groups in total. The zero-order valence-corrected chi connectivity index (χ0v) is 16.6. The molecule has 1 aromatic heterocycles. The molecule has 0 aliphatic heterocycles. The molecule has 0 saturated heterocycles. The lowest BCUT2D eigenvalue weighted by molar-refractivity contribution is -0.144. The molecule has 2 amide bonds. The number of hydrogen-bond donors (Lipinski definition) is 2. The van der Waals surface area contributed by atoms with Crippen molar-refractivity contribution in [3.05, 3.63) is 63.4 Å². The van der Waals surface area contributed by atoms with Gasteiger partial charge in [-0.2, -0.15) is 0 Å². The monoisotopic (exact) mass is 421 g/mol. The van der Waals surface area contributed by atoms with Crippen LogP contribution in [0.4, 0.5) is 5.82 Å². The molecule has 0 aliphatic carbocycles. The maximum Gasteiger partial charge on any atom is 0.355 e. The van der Waals surface area contributed by atoms with Gasteiger partial charge in [-0.05, 0) is 24.1 Å². The van der Waals surface area contributed by atoms with E-state index in [4.69, 9.17) is 27.9 Å². The molecule has 0 saturated carbocycles. The fourth-order valence-corrected chi connectivity index (χ4v) is 2.46. The van der Waals surface area contributed by atoms with Gasteiger partial charge in [-0.3, -0.25) is 9.59 Å². The molecule has 1 heterocycles. The summed E-state index contributed by atoms with van der Waals surface area (Å²) >= 11 is 12.0. The number of esters is 1. The van der Waals surface area contributed by atoms with Gasteiger partial charge in [-0.25, -0.2) is 9.78 Å². The first-order valence-corrected chi connectivity index (χ1v) is 8.85. The van der Waals surface area contributed by atoms with E-state index in [2.05, 4.69) is 15.6 Å². The number of carbonyl (C=O) groups is 3. The summed E-state index contributed by atoms with van der Waals surface area (Å²) < 4.78 is 4.97. The van der Waals surface area contributed by atoms with Crippen LogP contribution in [-0.2, 0) is 19.1 Å². The molecule has 2 aromatic rings. The largest absolute Gasteiger partial charge is 0.451 e. The van der Waals surface area contributed by atoms with Crippen LogP contribution in [-0.4, -0.2) is 29.4 Å². The van der Waals surface area contributed by atoms with E-state index < -0.39 is 24.4 Å². The number of nitrogens with one attached hydrogen (secondary N) is 2. The number of benzene rings is 1. The Labute approximate surface area is 171 Å². The van der Waals surface area contributed by atoms with Crippen LogP contribution < -0.4 is 10.6 Å². The minimum atomic E-state index is -0.861. The molecule has 0 fully saturated rings. The van der Waals surface area contributed by atoms with Crippen molar-refractivity contribution in [1.82, 2.24) is 10.3 Å². The highest BCUT2D eigenvalue weighted by Crippen LogP contribution is 2.28. The Kier molecular flexibility index (Phi) is 7.54. The van der Waals surface area contributed by atoms with Crippen LogP contribution in [0.5, 0.6) is 0 Å². The first-order chi connectivity index (χ1) is 13.3. The minimum Gasteiger partial charge on any atom is -0.451 e. The lowest BCUT2D eigenvalue weighted by Crippen LogP contribution is -2.29. The molecule has 0 atom stereocenters. The lowest BCUT2D eigenvalue weighted by Gasteiger charge is -2.11. The zero-order valence-electron chi connectivity index (χ0n) is 15.1. The highest BCUT2D eigenvalue weighted by molar-refractivity contribution is 6.37. The molecule has 146 valence electrons. The molecule has 0 unspecified atom stereocenters. The molecule has 2 rings (SSSR count). The average molecular weight is 422 g/mol. The third-order valence-electron chi connectivity index (χ3n) is 3.44. The van der Waals surface area contributed by atoms with Gasteiger partial charge in [0.15, 0.2) is 12.4 Å². The van der Waals surface area contributed by atoms with Crippen molar-refractivity contribution in [3.63, 3.8) is 0 Å². The SMILES string of the molecule is CC(=O)NC(=Cc1ccccc1)C(=O)OCC(=O)Nc1ncc(Cl)c(C)c1Cl. The number of carbonyl (C=O) groups excluding carboxylic acids is 3. The molecule has 0 aliphatic rings. The van der Waals surface area contributed by atoms with Crippen LogP contribution in [0.2, 0.25) is 10.0 Å². The average Bonchev–Trinajstić information content (AvgIpc) is 2.66. The van der Waals surface area contributed by atoms with E-state index in [1.807, 2.05) is 6.07 Å². The number of pyridine rings is 1. The van der Waals surface area contributed by atoms with Crippen molar-refractivity contribution < 1.29 is 19.1 Å². The molecule has 0 radical (unpaired) electrons. The number of ether oxygens (including phenoxy) is 1. The van der Waals surface area contributed by atoms with Crippen molar-refractivity contribution in [2.45, 2.75) is 13.8 Å². The first kappa shape index (κ1) is 21.4. The number of rotatable bonds is 6. The third kappa shape index (κ3) is 6.07. The summed E-state index contributed by atoms with van der Waals surface area (Å²) in [5.74, 6) is -1.85. The maximum atomic E-state index is 12.3. The predicted octanol–water partition coefficient (Wildman–Crippen LogP) is 3.36. The number of amides is 2. The molecular formula is C19H17Cl2N3O4. The first-order valence-electron chi connectivity index (χ1n) is 8.10. The Morgan fingerprint density at radius 3 is 2.50 bits per heavy atom. The van der Waals surface area contributed by atoms with Gasteiger partial charge in [0, 0.05) is 13.1 Å². The van der Waals surface area contributed by atoms with E-state index in [9.17, 15) is 14.4 Å². The number of anilines is 1. The van der Waals surface area contributed by atoms with Crippen molar-refractivity contribution >= 4 is 52.9 Å². The van der Waals surface area contributed by atoms with Crippen LogP contribution in [0.15, 0.2) is 42.2 Å². The van der Waals surface area contributed by atoms with Crippen LogP contribution in [0.25, 0.3) is 6.08 Å². The summed E-state index contributed by atoms with van der Waals surface area (Å²) in [4.78, 5) is 39.6. The second-order valence-corrected chi connectivity index (χ2v) is 6.45. The van der Waals surface area contributed by atoms with E-state index in [0.29, 0.717) is 16.1 Å². The second kappa shape index (κ2) is 9.87. The molecule has 28 heavy (non-hydrogen) atoms. The predicted molar refractivity (Wildman–Crippen MR) is 107 cm³/mol. The fraction of sp³-hybridized carbons (Fsp3) is 0.158. The van der Waals surface area contributed by atoms with Gasteiger partial charge in [0.2, 0.25) is 5.91 Å². The molecule has 9 heteroatoms. The van der Waals surface area contributed by atoms with Gasteiger partial charge in [0.05, 0.1) is 10.0 Å². The quantitative estimate of drug-likeness (QED) is 0.550. The van der Waals surface area contributed by atoms with Gasteiger partial charge in [-0.1, -0.05) is 53.5 Å². The normalized spacial score (nSPS) is 10.9. The summed E-state index contributed by atoms with van der Waals surface area (Å²) in [5, 5.41) is 5.38. The number of hydrogen-bond acceptors (Lipinski definition) is 5. The Morgan fingerprint density at radius 2 is 1.86 bits per heavy atom. The van der Waals surface area contributed by atoms with Crippen molar-refractivity contribution in [2.75, 3.05) is 11.9 Å². The topological polar surface area (TPSA) is 97.4 Å². The van der Waals surface area contributed by atoms with Gasteiger partial charge in [-0.15, -0.1) is 0 Å². The van der Waals surface area contributed by atoms with E-state index in [1.54, 1.807) is 31.2 Å². The summed E-state index contributed by atoms with van der Waals surface area (Å²) in [7, 11) is 0. The summed E-state index contributed by atoms with van der Waals surface area (Å²) in [5.41, 5.74) is 1.15. The van der Waals surface area contributed by atoms with Crippen molar-refractivity contribution in [1.29, 1.82) is 0 Å². The zero-order chi connectivity index (χ0) is 20.7. The fourth-order valence-electron chi connectivity index (χ4n) is 2.07. The molecule has 0 spiro atoms. The maximum absolute atomic E-state index is 12.3. The van der Waals surface area contributed by atoms with Crippen LogP contribution in [0.1, 0.15) is 18.1 Å². The van der Waals surface area contributed by atoms with Gasteiger partial charge >= 0.3 is 5.97 Å². The summed E-state index contributed by atoms with van der Waals surface area (Å²) in [6.45, 7) is 2.34. The Bertz CT molecular complexity index is 930. The number of halogens is 2. The third-order valence-corrected chi connectivity index (χ3v) is 4.28. The highest BCUT2D eigenvalue weighted by atomic mass is 35.5. The van der Waals surface area contributed by atoms with Gasteiger partial charge in [0.1, 0.15) is 5.70 Å². The van der Waals surface area contributed by atoms with Crippen LogP contribution >= 0.6 is 23.2 Å². The molecule has 7 nitrogen and oxygen atoms in total. The van der Waals surface area contributed by atoms with Gasteiger partial charge < -0.3 is 15.4 Å². The van der Waals surface area contributed by atoms with Crippen LogP contribution in [0, 0.1) is 6.92 Å². The molecule has 1 aromatic carbocycles. The van der Waals surface area contributed by atoms with Gasteiger partial charge in [0.25, 0.3) is 5.91 Å². The van der Waals surface area contributed by atoms with Crippen LogP contribution in [0.3, 0.4) is 0 Å². The van der Waals surface area contributed by atoms with E-state index in [-0.39, 0.29) is 16.5 Å². The number of nitrogens with zero attached hydrogens (tertiary/aromatic N) is 1. The summed E-state index contributed by atoms with van der Waals surface area (Å²) in [6, 6.07) is 8.87. The van der Waals surface area contributed by atoms with E-state index in [1.165, 1.54) is 19.2 Å². The lowest BCUT2D eigenvalue weighted by atomic mass is 10.2. The highest BCUT2D eigenvalue weighted by Gasteiger charge is 2.16. The summed E-state index contributed by atoms with van der Waals surface area (Å²) in [6.07, 6.45) is 2.80. The smallest absolute Gasteiger partial charge is 0.355 e. The van der Waals surface area contributed by atoms with E-state index >= 15 is 0 Å². The number of aromatic nitrogens is 1.